The van der Waals surface area contributed by atoms with Gasteiger partial charge in [0.2, 0.25) is 11.8 Å². The lowest BCUT2D eigenvalue weighted by atomic mass is 10.0. The Bertz CT molecular complexity index is 754. The largest absolute Gasteiger partial charge is 0.489 e. The molecule has 8 heteroatoms. The van der Waals surface area contributed by atoms with Crippen LogP contribution in [0.3, 0.4) is 0 Å². The Hall–Kier alpha value is -2.12. The topological polar surface area (TPSA) is 102 Å². The molecule has 140 valence electrons. The summed E-state index contributed by atoms with van der Waals surface area (Å²) in [6.07, 6.45) is 3.62. The van der Waals surface area contributed by atoms with Gasteiger partial charge in [-0.25, -0.2) is 0 Å². The van der Waals surface area contributed by atoms with Gasteiger partial charge in [-0.15, -0.1) is 12.4 Å². The molecule has 1 unspecified atom stereocenters. The van der Waals surface area contributed by atoms with E-state index in [1.165, 1.54) is 4.90 Å². The SMILES string of the molecule is Cl.N[C@@H]1CCC[C@H]1Oc1ccc2c(c1)CN(C1CCC(=O)NC1=O)C2=O. The molecule has 1 aromatic carbocycles. The van der Waals surface area contributed by atoms with E-state index in [2.05, 4.69) is 5.32 Å². The lowest BCUT2D eigenvalue weighted by Gasteiger charge is -2.29. The third-order valence-corrected chi connectivity index (χ3v) is 5.29. The minimum Gasteiger partial charge on any atom is -0.489 e. The van der Waals surface area contributed by atoms with Gasteiger partial charge in [0.05, 0.1) is 0 Å². The van der Waals surface area contributed by atoms with Gasteiger partial charge >= 0.3 is 0 Å². The Morgan fingerprint density at radius 2 is 1.96 bits per heavy atom. The summed E-state index contributed by atoms with van der Waals surface area (Å²) in [6, 6.07) is 4.86. The first kappa shape index (κ1) is 18.7. The highest BCUT2D eigenvalue weighted by Gasteiger charge is 2.39. The van der Waals surface area contributed by atoms with Crippen LogP contribution in [0, 0.1) is 0 Å². The number of nitrogens with two attached hydrogens (primary N) is 1. The first-order valence-electron chi connectivity index (χ1n) is 8.73. The molecule has 3 aliphatic rings. The second-order valence-corrected chi connectivity index (χ2v) is 6.97. The molecule has 1 saturated carbocycles. The van der Waals surface area contributed by atoms with Gasteiger partial charge in [-0.2, -0.15) is 0 Å². The van der Waals surface area contributed by atoms with Crippen molar-refractivity contribution in [2.24, 2.45) is 5.73 Å². The summed E-state index contributed by atoms with van der Waals surface area (Å²) in [5, 5.41) is 2.31. The first-order chi connectivity index (χ1) is 12.0. The maximum absolute atomic E-state index is 12.6. The molecule has 26 heavy (non-hydrogen) atoms. The number of rotatable bonds is 3. The van der Waals surface area contributed by atoms with Crippen LogP contribution in [-0.2, 0) is 16.1 Å². The molecular weight excluding hydrogens is 358 g/mol. The zero-order valence-electron chi connectivity index (χ0n) is 14.3. The van der Waals surface area contributed by atoms with Gasteiger partial charge in [-0.05, 0) is 49.4 Å². The van der Waals surface area contributed by atoms with Crippen LogP contribution in [0.2, 0.25) is 0 Å². The quantitative estimate of drug-likeness (QED) is 0.766. The number of imide groups is 1. The zero-order chi connectivity index (χ0) is 17.6. The zero-order valence-corrected chi connectivity index (χ0v) is 15.1. The summed E-state index contributed by atoms with van der Waals surface area (Å²) in [6.45, 7) is 0.356. The van der Waals surface area contributed by atoms with Crippen molar-refractivity contribution in [3.63, 3.8) is 0 Å². The molecule has 7 nitrogen and oxygen atoms in total. The predicted molar refractivity (Wildman–Crippen MR) is 96.0 cm³/mol. The van der Waals surface area contributed by atoms with E-state index >= 15 is 0 Å². The van der Waals surface area contributed by atoms with Crippen LogP contribution >= 0.6 is 12.4 Å². The fourth-order valence-electron chi connectivity index (χ4n) is 3.90. The molecule has 1 aliphatic carbocycles. The Morgan fingerprint density at radius 1 is 1.15 bits per heavy atom. The van der Waals surface area contributed by atoms with E-state index in [0.717, 1.165) is 24.8 Å². The molecule has 3 atom stereocenters. The maximum atomic E-state index is 12.6. The summed E-state index contributed by atoms with van der Waals surface area (Å²) in [5.74, 6) is -0.146. The van der Waals surface area contributed by atoms with E-state index < -0.39 is 11.9 Å². The number of fused-ring (bicyclic) bond motifs is 1. The number of hydrogen-bond acceptors (Lipinski definition) is 5. The molecule has 1 aromatic rings. The van der Waals surface area contributed by atoms with Gasteiger partial charge in [-0.1, -0.05) is 0 Å². The summed E-state index contributed by atoms with van der Waals surface area (Å²) in [7, 11) is 0. The second kappa shape index (κ2) is 7.25. The van der Waals surface area contributed by atoms with Crippen molar-refractivity contribution in [2.75, 3.05) is 0 Å². The highest BCUT2D eigenvalue weighted by Crippen LogP contribution is 2.31. The molecule has 3 amide bonds. The predicted octanol–water partition coefficient (Wildman–Crippen LogP) is 1.13. The van der Waals surface area contributed by atoms with E-state index in [9.17, 15) is 14.4 Å². The smallest absolute Gasteiger partial charge is 0.255 e. The molecule has 3 N–H and O–H groups in total. The molecule has 0 bridgehead atoms. The Balaban J connectivity index is 0.00000196. The van der Waals surface area contributed by atoms with Crippen LogP contribution < -0.4 is 15.8 Å². The van der Waals surface area contributed by atoms with Crippen LogP contribution in [0.1, 0.15) is 48.0 Å². The third kappa shape index (κ3) is 3.29. The van der Waals surface area contributed by atoms with Gasteiger partial charge in [0.1, 0.15) is 17.9 Å². The second-order valence-electron chi connectivity index (χ2n) is 6.97. The number of nitrogens with zero attached hydrogens (tertiary/aromatic N) is 1. The number of ether oxygens (including phenoxy) is 1. The van der Waals surface area contributed by atoms with Crippen LogP contribution in [0.4, 0.5) is 0 Å². The number of halogens is 1. The van der Waals surface area contributed by atoms with Gasteiger partial charge in [0.15, 0.2) is 0 Å². The van der Waals surface area contributed by atoms with Crippen LogP contribution in [-0.4, -0.2) is 40.8 Å². The summed E-state index contributed by atoms with van der Waals surface area (Å²) < 4.78 is 5.99. The molecule has 2 aliphatic heterocycles. The van der Waals surface area contributed by atoms with E-state index in [1.807, 2.05) is 6.07 Å². The van der Waals surface area contributed by atoms with Crippen LogP contribution in [0.25, 0.3) is 0 Å². The first-order valence-corrected chi connectivity index (χ1v) is 8.73. The van der Waals surface area contributed by atoms with Crippen molar-refractivity contribution in [3.8, 4) is 5.75 Å². The summed E-state index contributed by atoms with van der Waals surface area (Å²) in [4.78, 5) is 37.5. The third-order valence-electron chi connectivity index (χ3n) is 5.29. The molecule has 0 radical (unpaired) electrons. The number of carbonyl (C=O) groups is 3. The highest BCUT2D eigenvalue weighted by molar-refractivity contribution is 6.05. The number of benzene rings is 1. The Labute approximate surface area is 157 Å². The van der Waals surface area contributed by atoms with Crippen molar-refractivity contribution >= 4 is 30.1 Å². The van der Waals surface area contributed by atoms with Crippen molar-refractivity contribution in [1.82, 2.24) is 10.2 Å². The van der Waals surface area contributed by atoms with Crippen LogP contribution in [0.5, 0.6) is 5.75 Å². The number of amides is 3. The molecule has 0 aromatic heterocycles. The minimum absolute atomic E-state index is 0. The lowest BCUT2D eigenvalue weighted by molar-refractivity contribution is -0.136. The molecule has 1 saturated heterocycles. The van der Waals surface area contributed by atoms with Gasteiger partial charge in [0.25, 0.3) is 5.91 Å². The molecule has 2 heterocycles. The molecule has 0 spiro atoms. The van der Waals surface area contributed by atoms with E-state index in [4.69, 9.17) is 10.5 Å². The average Bonchev–Trinajstić information content (AvgIpc) is 3.12. The van der Waals surface area contributed by atoms with Gasteiger partial charge in [-0.3, -0.25) is 19.7 Å². The average molecular weight is 380 g/mol. The standard InChI is InChI=1S/C18H21N3O4.ClH/c19-13-2-1-3-15(13)25-11-4-5-12-10(8-11)9-21(18(12)24)14-6-7-16(22)20-17(14)23;/h4-5,8,13-15H,1-3,6-7,9,19H2,(H,20,22,23);1H/t13-,14?,15-;/m1./s1. The van der Waals surface area contributed by atoms with Crippen LogP contribution in [0.15, 0.2) is 18.2 Å². The van der Waals surface area contributed by atoms with Crippen molar-refractivity contribution in [3.05, 3.63) is 29.3 Å². The van der Waals surface area contributed by atoms with Crippen molar-refractivity contribution in [1.29, 1.82) is 0 Å². The number of hydrogen-bond donors (Lipinski definition) is 2. The monoisotopic (exact) mass is 379 g/mol. The molecule has 4 rings (SSSR count). The number of nitrogens with one attached hydrogen (secondary N) is 1. The summed E-state index contributed by atoms with van der Waals surface area (Å²) >= 11 is 0. The number of piperidine rings is 1. The lowest BCUT2D eigenvalue weighted by Crippen LogP contribution is -2.52. The summed E-state index contributed by atoms with van der Waals surface area (Å²) in [5.41, 5.74) is 7.49. The molecular formula is C18H22ClN3O4. The fourth-order valence-corrected chi connectivity index (χ4v) is 3.90. The van der Waals surface area contributed by atoms with Gasteiger partial charge in [0, 0.05) is 24.6 Å². The maximum Gasteiger partial charge on any atom is 0.255 e. The van der Waals surface area contributed by atoms with Gasteiger partial charge < -0.3 is 15.4 Å². The fraction of sp³-hybridized carbons (Fsp3) is 0.500. The van der Waals surface area contributed by atoms with E-state index in [-0.39, 0.29) is 42.8 Å². The van der Waals surface area contributed by atoms with Crippen molar-refractivity contribution in [2.45, 2.75) is 56.8 Å². The van der Waals surface area contributed by atoms with E-state index in [0.29, 0.717) is 24.3 Å². The Kier molecular flexibility index (Phi) is 5.20. The minimum atomic E-state index is -0.592. The highest BCUT2D eigenvalue weighted by atomic mass is 35.5. The molecule has 2 fully saturated rings. The number of carbonyl (C=O) groups excluding carboxylic acids is 3. The Morgan fingerprint density at radius 3 is 2.65 bits per heavy atom. The van der Waals surface area contributed by atoms with Crippen molar-refractivity contribution < 1.29 is 19.1 Å². The normalized spacial score (nSPS) is 27.8. The van der Waals surface area contributed by atoms with E-state index in [1.54, 1.807) is 12.1 Å².